The van der Waals surface area contributed by atoms with Crippen molar-refractivity contribution in [1.29, 1.82) is 0 Å². The zero-order valence-corrected chi connectivity index (χ0v) is 16.7. The van der Waals surface area contributed by atoms with Crippen molar-refractivity contribution in [3.63, 3.8) is 0 Å². The topological polar surface area (TPSA) is 68.5 Å². The third-order valence-electron chi connectivity index (χ3n) is 5.87. The predicted octanol–water partition coefficient (Wildman–Crippen LogP) is 3.04. The predicted molar refractivity (Wildman–Crippen MR) is 103 cm³/mol. The van der Waals surface area contributed by atoms with Crippen LogP contribution in [-0.4, -0.2) is 41.5 Å². The van der Waals surface area contributed by atoms with Gasteiger partial charge in [-0.15, -0.1) is 36.2 Å². The van der Waals surface area contributed by atoms with E-state index in [4.69, 9.17) is 10.5 Å². The van der Waals surface area contributed by atoms with Crippen LogP contribution in [0.3, 0.4) is 0 Å². The van der Waals surface area contributed by atoms with Gasteiger partial charge in [0.1, 0.15) is 11.1 Å². The zero-order valence-electron chi connectivity index (χ0n) is 14.2. The van der Waals surface area contributed by atoms with E-state index >= 15 is 0 Å². The number of hydrogen-bond acceptors (Lipinski definition) is 5. The molecule has 1 aliphatic heterocycles. The molecule has 142 valence electrons. The lowest BCUT2D eigenvalue weighted by molar-refractivity contribution is -0.146. The fraction of sp³-hybridized carbons (Fsp3) is 0.765. The second-order valence-electron chi connectivity index (χ2n) is 7.21. The molecular weight excluding hydrogens is 381 g/mol. The van der Waals surface area contributed by atoms with Gasteiger partial charge in [-0.3, -0.25) is 4.79 Å². The summed E-state index contributed by atoms with van der Waals surface area (Å²) in [5.74, 6) is 1.58. The first-order valence-corrected chi connectivity index (χ1v) is 9.65. The zero-order chi connectivity index (χ0) is 15.8. The lowest BCUT2D eigenvalue weighted by atomic mass is 9.65. The number of thiazole rings is 1. The lowest BCUT2D eigenvalue weighted by Gasteiger charge is -2.45. The summed E-state index contributed by atoms with van der Waals surface area (Å²) in [5, 5.41) is 2.94. The van der Waals surface area contributed by atoms with Crippen LogP contribution in [0.2, 0.25) is 0 Å². The maximum Gasteiger partial charge on any atom is 0.225 e. The summed E-state index contributed by atoms with van der Waals surface area (Å²) in [5.41, 5.74) is 6.36. The number of morpholine rings is 1. The van der Waals surface area contributed by atoms with E-state index in [1.54, 1.807) is 17.5 Å². The summed E-state index contributed by atoms with van der Waals surface area (Å²) in [6.07, 6.45) is 7.39. The van der Waals surface area contributed by atoms with Gasteiger partial charge in [-0.2, -0.15) is 0 Å². The fourth-order valence-corrected chi connectivity index (χ4v) is 5.32. The Labute approximate surface area is 165 Å². The van der Waals surface area contributed by atoms with Crippen molar-refractivity contribution >= 4 is 42.1 Å². The molecule has 0 radical (unpaired) electrons. The van der Waals surface area contributed by atoms with Crippen LogP contribution < -0.4 is 5.73 Å². The number of amides is 1. The van der Waals surface area contributed by atoms with Crippen molar-refractivity contribution in [2.45, 2.75) is 44.2 Å². The summed E-state index contributed by atoms with van der Waals surface area (Å²) in [4.78, 5) is 19.4. The van der Waals surface area contributed by atoms with E-state index in [1.165, 1.54) is 19.3 Å². The van der Waals surface area contributed by atoms with Gasteiger partial charge < -0.3 is 15.4 Å². The minimum absolute atomic E-state index is 0. The Morgan fingerprint density at radius 3 is 2.64 bits per heavy atom. The maximum absolute atomic E-state index is 13.0. The number of nitrogens with two attached hydrogens (primary N) is 1. The molecule has 2 bridgehead atoms. The molecule has 0 aromatic carbocycles. The van der Waals surface area contributed by atoms with E-state index in [9.17, 15) is 4.79 Å². The van der Waals surface area contributed by atoms with Gasteiger partial charge in [-0.25, -0.2) is 4.98 Å². The van der Waals surface area contributed by atoms with Crippen molar-refractivity contribution in [2.75, 3.05) is 19.7 Å². The number of carbonyl (C=O) groups excluding carboxylic acids is 1. The largest absolute Gasteiger partial charge is 0.367 e. The molecule has 2 saturated carbocycles. The highest BCUT2D eigenvalue weighted by molar-refractivity contribution is 7.09. The SMILES string of the molecule is Cl.Cl.NC1C2CCCC1CC(C(=O)N1CCOC(c3nccs3)C1)C2. The molecular formula is C17H27Cl2N3O2S. The first kappa shape index (κ1) is 20.9. The Balaban J connectivity index is 0.00000113. The molecule has 1 aromatic heterocycles. The Morgan fingerprint density at radius 1 is 1.28 bits per heavy atom. The summed E-state index contributed by atoms with van der Waals surface area (Å²) in [6.45, 7) is 1.96. The van der Waals surface area contributed by atoms with Gasteiger partial charge in [-0.1, -0.05) is 6.42 Å². The van der Waals surface area contributed by atoms with Crippen molar-refractivity contribution in [2.24, 2.45) is 23.5 Å². The highest BCUT2D eigenvalue weighted by Crippen LogP contribution is 2.42. The average molecular weight is 408 g/mol. The van der Waals surface area contributed by atoms with Gasteiger partial charge in [0.25, 0.3) is 0 Å². The van der Waals surface area contributed by atoms with Crippen molar-refractivity contribution < 1.29 is 9.53 Å². The molecule has 3 atom stereocenters. The number of ether oxygens (including phenoxy) is 1. The van der Waals surface area contributed by atoms with Gasteiger partial charge in [0, 0.05) is 30.1 Å². The van der Waals surface area contributed by atoms with E-state index in [-0.39, 0.29) is 36.8 Å². The summed E-state index contributed by atoms with van der Waals surface area (Å²) in [6, 6.07) is 0.320. The molecule has 1 amide bonds. The van der Waals surface area contributed by atoms with Crippen LogP contribution in [0.15, 0.2) is 11.6 Å². The Hall–Kier alpha value is -0.400. The number of aromatic nitrogens is 1. The van der Waals surface area contributed by atoms with E-state index < -0.39 is 0 Å². The standard InChI is InChI=1S/C17H25N3O2S.2ClH/c18-15-11-2-1-3-12(15)9-13(8-11)17(21)20-5-6-22-14(10-20)16-19-4-7-23-16;;/h4,7,11-15H,1-3,5-6,8-10,18H2;2*1H. The van der Waals surface area contributed by atoms with E-state index in [2.05, 4.69) is 4.98 Å². The molecule has 4 rings (SSSR count). The monoisotopic (exact) mass is 407 g/mol. The van der Waals surface area contributed by atoms with Crippen molar-refractivity contribution in [3.05, 3.63) is 16.6 Å². The van der Waals surface area contributed by atoms with Crippen LogP contribution in [0.1, 0.15) is 43.2 Å². The number of rotatable bonds is 2. The summed E-state index contributed by atoms with van der Waals surface area (Å²) in [7, 11) is 0. The van der Waals surface area contributed by atoms with Crippen LogP contribution in [0, 0.1) is 17.8 Å². The van der Waals surface area contributed by atoms with Crippen molar-refractivity contribution in [3.8, 4) is 0 Å². The summed E-state index contributed by atoms with van der Waals surface area (Å²) < 4.78 is 5.82. The molecule has 1 aromatic rings. The maximum atomic E-state index is 13.0. The normalized spacial score (nSPS) is 34.6. The van der Waals surface area contributed by atoms with E-state index in [0.717, 1.165) is 17.8 Å². The van der Waals surface area contributed by atoms with Crippen LogP contribution in [-0.2, 0) is 9.53 Å². The van der Waals surface area contributed by atoms with Gasteiger partial charge >= 0.3 is 0 Å². The molecule has 1 saturated heterocycles. The summed E-state index contributed by atoms with van der Waals surface area (Å²) >= 11 is 1.60. The quantitative estimate of drug-likeness (QED) is 0.817. The molecule has 3 fully saturated rings. The second kappa shape index (κ2) is 9.00. The lowest BCUT2D eigenvalue weighted by Crippen LogP contribution is -2.51. The number of nitrogens with zero attached hydrogens (tertiary/aromatic N) is 2. The number of fused-ring (bicyclic) bond motifs is 2. The van der Waals surface area contributed by atoms with Crippen molar-refractivity contribution in [1.82, 2.24) is 9.88 Å². The van der Waals surface area contributed by atoms with Crippen LogP contribution >= 0.6 is 36.2 Å². The van der Waals surface area contributed by atoms with Gasteiger partial charge in [-0.05, 0) is 37.5 Å². The molecule has 3 unspecified atom stereocenters. The highest BCUT2D eigenvalue weighted by atomic mass is 35.5. The van der Waals surface area contributed by atoms with E-state index in [0.29, 0.717) is 43.5 Å². The molecule has 25 heavy (non-hydrogen) atoms. The number of carbonyl (C=O) groups is 1. The van der Waals surface area contributed by atoms with Crippen LogP contribution in [0.5, 0.6) is 0 Å². The molecule has 0 spiro atoms. The molecule has 2 heterocycles. The first-order chi connectivity index (χ1) is 11.2. The molecule has 8 heteroatoms. The Bertz CT molecular complexity index is 546. The minimum atomic E-state index is -0.0574. The second-order valence-corrected chi connectivity index (χ2v) is 8.14. The third kappa shape index (κ3) is 4.30. The molecule has 3 aliphatic rings. The van der Waals surface area contributed by atoms with Crippen LogP contribution in [0.4, 0.5) is 0 Å². The average Bonchev–Trinajstić information content (AvgIpc) is 3.08. The smallest absolute Gasteiger partial charge is 0.225 e. The van der Waals surface area contributed by atoms with Gasteiger partial charge in [0.15, 0.2) is 0 Å². The van der Waals surface area contributed by atoms with Gasteiger partial charge in [0.2, 0.25) is 5.91 Å². The highest BCUT2D eigenvalue weighted by Gasteiger charge is 2.42. The number of halogens is 2. The van der Waals surface area contributed by atoms with E-state index in [1.807, 2.05) is 10.3 Å². The first-order valence-electron chi connectivity index (χ1n) is 8.77. The van der Waals surface area contributed by atoms with Gasteiger partial charge in [0.05, 0.1) is 13.2 Å². The molecule has 2 N–H and O–H groups in total. The molecule has 5 nitrogen and oxygen atoms in total. The van der Waals surface area contributed by atoms with Crippen LogP contribution in [0.25, 0.3) is 0 Å². The Kier molecular flexibility index (Phi) is 7.52. The Morgan fingerprint density at radius 2 is 2.00 bits per heavy atom. The molecule has 2 aliphatic carbocycles. The fourth-order valence-electron chi connectivity index (χ4n) is 4.64. The third-order valence-corrected chi connectivity index (χ3v) is 6.73. The number of hydrogen-bond donors (Lipinski definition) is 1. The minimum Gasteiger partial charge on any atom is -0.367 e.